The van der Waals surface area contributed by atoms with Crippen molar-refractivity contribution >= 4 is 11.8 Å². The average molecular weight is 289 g/mol. The van der Waals surface area contributed by atoms with E-state index < -0.39 is 0 Å². The van der Waals surface area contributed by atoms with Gasteiger partial charge in [-0.25, -0.2) is 9.89 Å². The Morgan fingerprint density at radius 3 is 3.15 bits per heavy atom. The lowest BCUT2D eigenvalue weighted by molar-refractivity contribution is 0.599. The largest absolute Gasteiger partial charge is 0.343 e. The molecule has 0 unspecified atom stereocenters. The molecule has 0 saturated carbocycles. The molecular weight excluding hydrogens is 270 g/mol. The number of nitrogens with one attached hydrogen (secondary N) is 1. The summed E-state index contributed by atoms with van der Waals surface area (Å²) in [5.74, 6) is 0. The first-order valence-corrected chi connectivity index (χ1v) is 8.07. The van der Waals surface area contributed by atoms with Crippen LogP contribution in [0.25, 0.3) is 0 Å². The molecule has 0 spiro atoms. The van der Waals surface area contributed by atoms with E-state index in [1.807, 2.05) is 0 Å². The van der Waals surface area contributed by atoms with Gasteiger partial charge >= 0.3 is 5.69 Å². The zero-order valence-electron chi connectivity index (χ0n) is 11.6. The normalized spacial score (nSPS) is 17.9. The third kappa shape index (κ3) is 2.54. The van der Waals surface area contributed by atoms with Gasteiger partial charge in [0, 0.05) is 11.8 Å². The lowest BCUT2D eigenvalue weighted by atomic mass is 9.91. The summed E-state index contributed by atoms with van der Waals surface area (Å²) in [5.41, 5.74) is 2.75. The number of aromatic nitrogens is 3. The molecule has 1 aromatic carbocycles. The smallest absolute Gasteiger partial charge is 0.270 e. The van der Waals surface area contributed by atoms with Crippen LogP contribution in [0.2, 0.25) is 0 Å². The summed E-state index contributed by atoms with van der Waals surface area (Å²) < 4.78 is 1.75. The lowest BCUT2D eigenvalue weighted by Crippen LogP contribution is -2.17. The number of H-pyrrole nitrogens is 1. The van der Waals surface area contributed by atoms with Crippen molar-refractivity contribution in [2.45, 2.75) is 49.6 Å². The van der Waals surface area contributed by atoms with Crippen LogP contribution in [0, 0.1) is 0 Å². The van der Waals surface area contributed by atoms with Crippen molar-refractivity contribution in [1.29, 1.82) is 0 Å². The number of nitrogens with zero attached hydrogens (tertiary/aromatic N) is 2. The van der Waals surface area contributed by atoms with Crippen molar-refractivity contribution in [3.63, 3.8) is 0 Å². The topological polar surface area (TPSA) is 50.7 Å². The molecule has 1 aliphatic carbocycles. The molecular formula is C15H19N3OS. The first-order valence-electron chi connectivity index (χ1n) is 7.19. The number of rotatable bonds is 4. The van der Waals surface area contributed by atoms with Crippen molar-refractivity contribution in [3.8, 4) is 0 Å². The number of hydrogen-bond acceptors (Lipinski definition) is 3. The standard InChI is InChI=1S/C15H19N3OS/c1-2-10-18-14(19)16-17-15(18)20-13-9-5-7-11-6-3-4-8-12(11)13/h3-4,6,8,13H,2,5,7,9-10H2,1H3,(H,16,19)/t13-/m0/s1. The molecule has 5 heteroatoms. The monoisotopic (exact) mass is 289 g/mol. The fraction of sp³-hybridized carbons (Fsp3) is 0.467. The molecule has 0 radical (unpaired) electrons. The first kappa shape index (κ1) is 13.5. The molecule has 0 bridgehead atoms. The molecule has 1 heterocycles. The van der Waals surface area contributed by atoms with Crippen LogP contribution in [0.4, 0.5) is 0 Å². The second-order valence-electron chi connectivity index (χ2n) is 5.16. The number of aromatic amines is 1. The molecule has 1 aliphatic rings. The molecule has 0 fully saturated rings. The molecule has 0 saturated heterocycles. The number of hydrogen-bond donors (Lipinski definition) is 1. The Morgan fingerprint density at radius 2 is 2.30 bits per heavy atom. The third-order valence-corrected chi connectivity index (χ3v) is 5.03. The quantitative estimate of drug-likeness (QED) is 0.940. The first-order chi connectivity index (χ1) is 9.79. The van der Waals surface area contributed by atoms with Gasteiger partial charge in [-0.05, 0) is 36.8 Å². The van der Waals surface area contributed by atoms with Gasteiger partial charge in [-0.1, -0.05) is 43.0 Å². The van der Waals surface area contributed by atoms with E-state index in [4.69, 9.17) is 0 Å². The van der Waals surface area contributed by atoms with Gasteiger partial charge in [-0.15, -0.1) is 5.10 Å². The van der Waals surface area contributed by atoms with Gasteiger partial charge < -0.3 is 0 Å². The highest BCUT2D eigenvalue weighted by Gasteiger charge is 2.23. The van der Waals surface area contributed by atoms with Crippen LogP contribution in [0.5, 0.6) is 0 Å². The summed E-state index contributed by atoms with van der Waals surface area (Å²) in [6.07, 6.45) is 4.45. The zero-order valence-corrected chi connectivity index (χ0v) is 12.4. The Bertz CT molecular complexity index is 647. The number of aryl methyl sites for hydroxylation is 1. The molecule has 2 aromatic rings. The predicted molar refractivity (Wildman–Crippen MR) is 81.1 cm³/mol. The van der Waals surface area contributed by atoms with E-state index in [0.717, 1.165) is 31.0 Å². The van der Waals surface area contributed by atoms with Gasteiger partial charge in [-0.3, -0.25) is 4.57 Å². The molecule has 1 atom stereocenters. The fourth-order valence-corrected chi connectivity index (χ4v) is 4.07. The van der Waals surface area contributed by atoms with E-state index in [2.05, 4.69) is 41.4 Å². The van der Waals surface area contributed by atoms with E-state index >= 15 is 0 Å². The highest BCUT2D eigenvalue weighted by molar-refractivity contribution is 7.99. The second kappa shape index (κ2) is 5.87. The molecule has 1 N–H and O–H groups in total. The summed E-state index contributed by atoms with van der Waals surface area (Å²) in [5, 5.41) is 7.99. The molecule has 0 aliphatic heterocycles. The van der Waals surface area contributed by atoms with Crippen LogP contribution in [-0.4, -0.2) is 14.8 Å². The second-order valence-corrected chi connectivity index (χ2v) is 6.33. The zero-order chi connectivity index (χ0) is 13.9. The van der Waals surface area contributed by atoms with E-state index in [-0.39, 0.29) is 5.69 Å². The maximum Gasteiger partial charge on any atom is 0.343 e. The van der Waals surface area contributed by atoms with Crippen molar-refractivity contribution in [3.05, 3.63) is 45.9 Å². The molecule has 3 rings (SSSR count). The molecule has 106 valence electrons. The van der Waals surface area contributed by atoms with Crippen LogP contribution in [-0.2, 0) is 13.0 Å². The van der Waals surface area contributed by atoms with Crippen LogP contribution in [0.15, 0.2) is 34.2 Å². The van der Waals surface area contributed by atoms with Gasteiger partial charge in [0.1, 0.15) is 0 Å². The fourth-order valence-electron chi connectivity index (χ4n) is 2.77. The maximum absolute atomic E-state index is 11.7. The van der Waals surface area contributed by atoms with Gasteiger partial charge in [0.2, 0.25) is 0 Å². The molecule has 1 aromatic heterocycles. The van der Waals surface area contributed by atoms with Gasteiger partial charge in [0.15, 0.2) is 5.16 Å². The minimum atomic E-state index is -0.0987. The van der Waals surface area contributed by atoms with E-state index in [1.54, 1.807) is 16.3 Å². The van der Waals surface area contributed by atoms with E-state index in [1.165, 1.54) is 17.5 Å². The van der Waals surface area contributed by atoms with Crippen LogP contribution >= 0.6 is 11.8 Å². The lowest BCUT2D eigenvalue weighted by Gasteiger charge is -2.24. The van der Waals surface area contributed by atoms with Crippen LogP contribution < -0.4 is 5.69 Å². The Kier molecular flexibility index (Phi) is 3.96. The minimum absolute atomic E-state index is 0.0987. The van der Waals surface area contributed by atoms with Gasteiger partial charge in [-0.2, -0.15) is 0 Å². The molecule has 4 nitrogen and oxygen atoms in total. The minimum Gasteiger partial charge on any atom is -0.270 e. The average Bonchev–Trinajstić information content (AvgIpc) is 2.81. The summed E-state index contributed by atoms with van der Waals surface area (Å²) in [6.45, 7) is 2.80. The Labute approximate surface area is 122 Å². The van der Waals surface area contributed by atoms with Crippen LogP contribution in [0.3, 0.4) is 0 Å². The highest BCUT2D eigenvalue weighted by Crippen LogP contribution is 2.42. The van der Waals surface area contributed by atoms with E-state index in [0.29, 0.717) is 5.25 Å². The molecule has 0 amide bonds. The van der Waals surface area contributed by atoms with Crippen molar-refractivity contribution in [2.24, 2.45) is 0 Å². The Morgan fingerprint density at radius 1 is 1.45 bits per heavy atom. The van der Waals surface area contributed by atoms with Crippen molar-refractivity contribution in [2.75, 3.05) is 0 Å². The van der Waals surface area contributed by atoms with Crippen molar-refractivity contribution < 1.29 is 0 Å². The Balaban J connectivity index is 1.88. The Hall–Kier alpha value is -1.49. The summed E-state index contributed by atoms with van der Waals surface area (Å²) in [4.78, 5) is 11.7. The number of thioether (sulfide) groups is 1. The summed E-state index contributed by atoms with van der Waals surface area (Å²) in [6, 6.07) is 8.63. The maximum atomic E-state index is 11.7. The van der Waals surface area contributed by atoms with Crippen LogP contribution in [0.1, 0.15) is 42.6 Å². The molecule has 20 heavy (non-hydrogen) atoms. The van der Waals surface area contributed by atoms with Gasteiger partial charge in [0.05, 0.1) is 0 Å². The number of benzene rings is 1. The number of fused-ring (bicyclic) bond motifs is 1. The van der Waals surface area contributed by atoms with Crippen molar-refractivity contribution in [1.82, 2.24) is 14.8 Å². The van der Waals surface area contributed by atoms with Gasteiger partial charge in [0.25, 0.3) is 0 Å². The predicted octanol–water partition coefficient (Wildman–Crippen LogP) is 3.15. The summed E-state index contributed by atoms with van der Waals surface area (Å²) in [7, 11) is 0. The summed E-state index contributed by atoms with van der Waals surface area (Å²) >= 11 is 1.72. The van der Waals surface area contributed by atoms with E-state index in [9.17, 15) is 4.79 Å². The highest BCUT2D eigenvalue weighted by atomic mass is 32.2. The SMILES string of the molecule is CCCn1c(S[C@H]2CCCc3ccccc32)n[nH]c1=O. The third-order valence-electron chi connectivity index (χ3n) is 3.73.